The maximum Gasteiger partial charge on any atom is 0.171 e. The van der Waals surface area contributed by atoms with E-state index in [4.69, 9.17) is 0 Å². The van der Waals surface area contributed by atoms with E-state index >= 15 is 0 Å². The highest BCUT2D eigenvalue weighted by molar-refractivity contribution is 6.00. The molecule has 0 unspecified atom stereocenters. The lowest BCUT2D eigenvalue weighted by Crippen LogP contribution is -2.30. The molecular weight excluding hydrogens is 227 g/mol. The van der Waals surface area contributed by atoms with Gasteiger partial charge in [-0.25, -0.2) is 4.39 Å². The zero-order valence-corrected chi connectivity index (χ0v) is 11.2. The summed E-state index contributed by atoms with van der Waals surface area (Å²) in [6.07, 6.45) is 4.89. The molecule has 1 nitrogen and oxygen atoms in total. The van der Waals surface area contributed by atoms with Gasteiger partial charge in [0.15, 0.2) is 5.78 Å². The van der Waals surface area contributed by atoms with Gasteiger partial charge in [-0.15, -0.1) is 0 Å². The van der Waals surface area contributed by atoms with Crippen molar-refractivity contribution in [2.75, 3.05) is 0 Å². The van der Waals surface area contributed by atoms with Crippen molar-refractivity contribution in [2.24, 2.45) is 11.3 Å². The Bertz CT molecular complexity index is 430. The number of hydrogen-bond acceptors (Lipinski definition) is 1. The largest absolute Gasteiger partial charge is 0.293 e. The van der Waals surface area contributed by atoms with E-state index in [-0.39, 0.29) is 22.6 Å². The zero-order valence-electron chi connectivity index (χ0n) is 11.2. The molecule has 2 rings (SSSR count). The van der Waals surface area contributed by atoms with Gasteiger partial charge in [-0.2, -0.15) is 0 Å². The number of Topliss-reactive ketones (excluding diaryl/α,β-unsaturated/α-hetero) is 1. The van der Waals surface area contributed by atoms with Crippen molar-refractivity contribution in [3.63, 3.8) is 0 Å². The van der Waals surface area contributed by atoms with Gasteiger partial charge < -0.3 is 0 Å². The van der Waals surface area contributed by atoms with Crippen molar-refractivity contribution < 1.29 is 9.18 Å². The Hall–Kier alpha value is -1.18. The van der Waals surface area contributed by atoms with Crippen LogP contribution in [0.15, 0.2) is 24.3 Å². The van der Waals surface area contributed by atoms with Gasteiger partial charge in [-0.3, -0.25) is 4.79 Å². The van der Waals surface area contributed by atoms with Crippen LogP contribution in [-0.2, 0) is 0 Å². The van der Waals surface area contributed by atoms with Crippen molar-refractivity contribution in [1.82, 2.24) is 0 Å². The molecule has 0 spiro atoms. The van der Waals surface area contributed by atoms with E-state index in [0.717, 1.165) is 32.1 Å². The van der Waals surface area contributed by atoms with E-state index < -0.39 is 0 Å². The predicted molar refractivity (Wildman–Crippen MR) is 71.1 cm³/mol. The minimum absolute atomic E-state index is 0.0202. The molecule has 1 aliphatic rings. The molecule has 0 aliphatic heterocycles. The normalized spacial score (nSPS) is 18.2. The first-order valence-corrected chi connectivity index (χ1v) is 6.84. The zero-order chi connectivity index (χ0) is 13.2. The molecule has 1 aromatic carbocycles. The third-order valence-electron chi connectivity index (χ3n) is 3.96. The quantitative estimate of drug-likeness (QED) is 0.711. The van der Waals surface area contributed by atoms with Crippen molar-refractivity contribution in [3.05, 3.63) is 35.6 Å². The molecule has 0 aromatic heterocycles. The average molecular weight is 248 g/mol. The van der Waals surface area contributed by atoms with Gasteiger partial charge in [0.05, 0.1) is 5.56 Å². The standard InChI is InChI=1S/C16H21FO/c1-12(2)11-16(9-5-6-10-16)15(18)13-7-3-4-8-14(13)17/h3-4,7-8,12H,5-6,9-11H2,1-2H3. The number of carbonyl (C=O) groups excluding carboxylic acids is 1. The van der Waals surface area contributed by atoms with E-state index in [1.165, 1.54) is 6.07 Å². The maximum absolute atomic E-state index is 13.8. The Balaban J connectivity index is 2.32. The SMILES string of the molecule is CC(C)CC1(C(=O)c2ccccc2F)CCCC1. The number of rotatable bonds is 4. The van der Waals surface area contributed by atoms with Gasteiger partial charge in [-0.05, 0) is 37.3 Å². The summed E-state index contributed by atoms with van der Waals surface area (Å²) in [5.74, 6) is 0.114. The molecule has 18 heavy (non-hydrogen) atoms. The second kappa shape index (κ2) is 5.21. The van der Waals surface area contributed by atoms with Crippen molar-refractivity contribution in [2.45, 2.75) is 46.0 Å². The summed E-state index contributed by atoms with van der Waals surface area (Å²) in [6.45, 7) is 4.27. The third-order valence-corrected chi connectivity index (χ3v) is 3.96. The van der Waals surface area contributed by atoms with Crippen LogP contribution >= 0.6 is 0 Å². The lowest BCUT2D eigenvalue weighted by molar-refractivity contribution is 0.0755. The van der Waals surface area contributed by atoms with Gasteiger partial charge in [0.2, 0.25) is 0 Å². The number of benzene rings is 1. The summed E-state index contributed by atoms with van der Waals surface area (Å²) in [5.41, 5.74) is -0.0313. The summed E-state index contributed by atoms with van der Waals surface area (Å²) in [7, 11) is 0. The lowest BCUT2D eigenvalue weighted by atomic mass is 9.73. The fourth-order valence-electron chi connectivity index (χ4n) is 3.29. The minimum Gasteiger partial charge on any atom is -0.293 e. The molecule has 0 N–H and O–H groups in total. The fraction of sp³-hybridized carbons (Fsp3) is 0.562. The van der Waals surface area contributed by atoms with E-state index in [2.05, 4.69) is 13.8 Å². The van der Waals surface area contributed by atoms with Crippen LogP contribution in [-0.4, -0.2) is 5.78 Å². The molecule has 0 heterocycles. The third kappa shape index (κ3) is 2.47. The molecule has 1 aromatic rings. The molecule has 0 saturated heterocycles. The van der Waals surface area contributed by atoms with E-state index in [1.54, 1.807) is 18.2 Å². The Morgan fingerprint density at radius 1 is 1.28 bits per heavy atom. The van der Waals surface area contributed by atoms with Crippen molar-refractivity contribution >= 4 is 5.78 Å². The van der Waals surface area contributed by atoms with E-state index in [0.29, 0.717) is 5.92 Å². The Labute approximate surface area is 108 Å². The van der Waals surface area contributed by atoms with Crippen LogP contribution in [0.3, 0.4) is 0 Å². The summed E-state index contributed by atoms with van der Waals surface area (Å²) in [4.78, 5) is 12.7. The first kappa shape index (κ1) is 13.3. The van der Waals surface area contributed by atoms with Crippen LogP contribution in [0.25, 0.3) is 0 Å². The summed E-state index contributed by atoms with van der Waals surface area (Å²) >= 11 is 0. The molecule has 1 fully saturated rings. The smallest absolute Gasteiger partial charge is 0.171 e. The van der Waals surface area contributed by atoms with E-state index in [9.17, 15) is 9.18 Å². The van der Waals surface area contributed by atoms with Gasteiger partial charge >= 0.3 is 0 Å². The molecule has 0 amide bonds. The topological polar surface area (TPSA) is 17.1 Å². The fourth-order valence-corrected chi connectivity index (χ4v) is 3.29. The molecular formula is C16H21FO. The highest BCUT2D eigenvalue weighted by Crippen LogP contribution is 2.45. The Kier molecular flexibility index (Phi) is 3.84. The molecule has 1 saturated carbocycles. The number of hydrogen-bond donors (Lipinski definition) is 0. The van der Waals surface area contributed by atoms with Crippen molar-refractivity contribution in [3.8, 4) is 0 Å². The second-order valence-corrected chi connectivity index (χ2v) is 5.89. The predicted octanol–water partition coefficient (Wildman–Crippen LogP) is 4.61. The van der Waals surface area contributed by atoms with Gasteiger partial charge in [-0.1, -0.05) is 38.8 Å². The minimum atomic E-state index is -0.377. The molecule has 1 aliphatic carbocycles. The number of ketones is 1. The van der Waals surface area contributed by atoms with Crippen LogP contribution in [0.4, 0.5) is 4.39 Å². The van der Waals surface area contributed by atoms with Crippen LogP contribution in [0.2, 0.25) is 0 Å². The van der Waals surface area contributed by atoms with Crippen LogP contribution in [0.1, 0.15) is 56.3 Å². The molecule has 98 valence electrons. The van der Waals surface area contributed by atoms with Crippen LogP contribution in [0.5, 0.6) is 0 Å². The highest BCUT2D eigenvalue weighted by atomic mass is 19.1. The monoisotopic (exact) mass is 248 g/mol. The van der Waals surface area contributed by atoms with Crippen LogP contribution in [0, 0.1) is 17.2 Å². The second-order valence-electron chi connectivity index (χ2n) is 5.89. The Morgan fingerprint density at radius 2 is 1.89 bits per heavy atom. The average Bonchev–Trinajstić information content (AvgIpc) is 2.77. The molecule has 2 heteroatoms. The van der Waals surface area contributed by atoms with Gasteiger partial charge in [0.25, 0.3) is 0 Å². The summed E-state index contributed by atoms with van der Waals surface area (Å²) in [5, 5.41) is 0. The van der Waals surface area contributed by atoms with Gasteiger partial charge in [0, 0.05) is 5.41 Å². The van der Waals surface area contributed by atoms with E-state index in [1.807, 2.05) is 0 Å². The summed E-state index contributed by atoms with van der Waals surface area (Å²) in [6, 6.07) is 6.38. The molecule has 0 atom stereocenters. The van der Waals surface area contributed by atoms with Gasteiger partial charge in [0.1, 0.15) is 5.82 Å². The van der Waals surface area contributed by atoms with Crippen molar-refractivity contribution in [1.29, 1.82) is 0 Å². The first-order chi connectivity index (χ1) is 8.55. The number of carbonyl (C=O) groups is 1. The number of halogens is 1. The maximum atomic E-state index is 13.8. The highest BCUT2D eigenvalue weighted by Gasteiger charge is 2.42. The lowest BCUT2D eigenvalue weighted by Gasteiger charge is -2.29. The molecule has 0 bridgehead atoms. The van der Waals surface area contributed by atoms with Crippen LogP contribution < -0.4 is 0 Å². The summed E-state index contributed by atoms with van der Waals surface area (Å²) < 4.78 is 13.8. The molecule has 0 radical (unpaired) electrons. The first-order valence-electron chi connectivity index (χ1n) is 6.84. The Morgan fingerprint density at radius 3 is 2.44 bits per heavy atom.